The van der Waals surface area contributed by atoms with Crippen LogP contribution in [0.4, 0.5) is 0 Å². The third kappa shape index (κ3) is 1.66. The van der Waals surface area contributed by atoms with E-state index in [1.54, 1.807) is 4.57 Å². The van der Waals surface area contributed by atoms with Gasteiger partial charge in [0.2, 0.25) is 0 Å². The summed E-state index contributed by atoms with van der Waals surface area (Å²) in [4.78, 5) is 14.7. The number of aromatic nitrogens is 2. The van der Waals surface area contributed by atoms with E-state index in [2.05, 4.69) is 31.0 Å². The van der Waals surface area contributed by atoms with Gasteiger partial charge in [-0.15, -0.1) is 0 Å². The highest BCUT2D eigenvalue weighted by Crippen LogP contribution is 2.21. The molecule has 0 amide bonds. The summed E-state index contributed by atoms with van der Waals surface area (Å²) in [6.45, 7) is 8.37. The molecule has 0 saturated carbocycles. The second-order valence-electron chi connectivity index (χ2n) is 4.83. The van der Waals surface area contributed by atoms with Gasteiger partial charge in [0, 0.05) is 6.04 Å². The molecule has 0 bridgehead atoms. The van der Waals surface area contributed by atoms with Crippen molar-refractivity contribution in [3.8, 4) is 0 Å². The first kappa shape index (κ1) is 11.0. The summed E-state index contributed by atoms with van der Waals surface area (Å²) in [5, 5.41) is 0. The van der Waals surface area contributed by atoms with Gasteiger partial charge in [0.1, 0.15) is 0 Å². The largest absolute Gasteiger partial charge is 0.326 e. The maximum atomic E-state index is 11.8. The number of nitrogens with one attached hydrogen (secondary N) is 1. The summed E-state index contributed by atoms with van der Waals surface area (Å²) in [6, 6.07) is 6.36. The number of nitrogens with zero attached hydrogens (tertiary/aromatic N) is 1. The summed E-state index contributed by atoms with van der Waals surface area (Å²) in [6.07, 6.45) is 0. The van der Waals surface area contributed by atoms with Gasteiger partial charge in [-0.25, -0.2) is 4.79 Å². The minimum absolute atomic E-state index is 0.0223. The number of imidazole rings is 1. The topological polar surface area (TPSA) is 37.8 Å². The molecule has 1 aromatic heterocycles. The molecule has 0 aliphatic rings. The quantitative estimate of drug-likeness (QED) is 0.826. The Morgan fingerprint density at radius 2 is 1.88 bits per heavy atom. The molecule has 0 aliphatic carbocycles. The van der Waals surface area contributed by atoms with Crippen LogP contribution < -0.4 is 5.69 Å². The molecule has 0 fully saturated rings. The van der Waals surface area contributed by atoms with Crippen LogP contribution in [0.5, 0.6) is 0 Å². The summed E-state index contributed by atoms with van der Waals surface area (Å²) >= 11 is 0. The second kappa shape index (κ2) is 3.81. The maximum Gasteiger partial charge on any atom is 0.326 e. The van der Waals surface area contributed by atoms with E-state index in [-0.39, 0.29) is 11.7 Å². The van der Waals surface area contributed by atoms with Crippen LogP contribution in [0, 0.1) is 0 Å². The smallest absolute Gasteiger partial charge is 0.306 e. The van der Waals surface area contributed by atoms with Gasteiger partial charge in [-0.05, 0) is 37.5 Å². The van der Waals surface area contributed by atoms with Crippen molar-refractivity contribution >= 4 is 11.0 Å². The predicted octanol–water partition coefficient (Wildman–Crippen LogP) is 3.03. The molecule has 0 unspecified atom stereocenters. The summed E-state index contributed by atoms with van der Waals surface area (Å²) in [5.74, 6) is 0.481. The molecule has 3 heteroatoms. The van der Waals surface area contributed by atoms with Gasteiger partial charge >= 0.3 is 5.69 Å². The van der Waals surface area contributed by atoms with E-state index in [0.29, 0.717) is 5.92 Å². The molecule has 2 aromatic rings. The van der Waals surface area contributed by atoms with E-state index in [4.69, 9.17) is 0 Å². The monoisotopic (exact) mass is 218 g/mol. The van der Waals surface area contributed by atoms with Crippen molar-refractivity contribution in [2.45, 2.75) is 39.7 Å². The second-order valence-corrected chi connectivity index (χ2v) is 4.83. The van der Waals surface area contributed by atoms with Crippen LogP contribution in [-0.4, -0.2) is 9.55 Å². The van der Waals surface area contributed by atoms with Gasteiger partial charge < -0.3 is 4.98 Å². The van der Waals surface area contributed by atoms with Crippen LogP contribution in [0.2, 0.25) is 0 Å². The Kier molecular flexibility index (Phi) is 2.62. The van der Waals surface area contributed by atoms with Crippen molar-refractivity contribution in [2.75, 3.05) is 0 Å². The zero-order valence-corrected chi connectivity index (χ0v) is 10.2. The number of rotatable bonds is 2. The molecule has 1 aromatic carbocycles. The molecule has 0 saturated heterocycles. The first-order valence-electron chi connectivity index (χ1n) is 5.75. The van der Waals surface area contributed by atoms with E-state index in [9.17, 15) is 4.79 Å². The van der Waals surface area contributed by atoms with Crippen molar-refractivity contribution < 1.29 is 0 Å². The summed E-state index contributed by atoms with van der Waals surface area (Å²) in [5.41, 5.74) is 3.17. The van der Waals surface area contributed by atoms with Crippen molar-refractivity contribution in [1.82, 2.24) is 9.55 Å². The fraction of sp³-hybridized carbons (Fsp3) is 0.462. The standard InChI is InChI=1S/C13H18N2O/c1-8(2)10-5-6-11-12(7-10)15(9(3)4)13(16)14-11/h5-9H,1-4H3,(H,14,16). The molecule has 16 heavy (non-hydrogen) atoms. The SMILES string of the molecule is CC(C)c1ccc2[nH]c(=O)n(C(C)C)c2c1. The normalized spacial score (nSPS) is 11.9. The number of aromatic amines is 1. The average molecular weight is 218 g/mol. The summed E-state index contributed by atoms with van der Waals surface area (Å²) < 4.78 is 1.81. The van der Waals surface area contributed by atoms with E-state index < -0.39 is 0 Å². The van der Waals surface area contributed by atoms with Gasteiger partial charge in [-0.2, -0.15) is 0 Å². The van der Waals surface area contributed by atoms with Gasteiger partial charge in [-0.1, -0.05) is 19.9 Å². The molecule has 2 rings (SSSR count). The fourth-order valence-corrected chi connectivity index (χ4v) is 2.01. The Morgan fingerprint density at radius 1 is 1.19 bits per heavy atom. The Bertz CT molecular complexity index is 561. The number of benzene rings is 1. The molecule has 0 aliphatic heterocycles. The third-order valence-electron chi connectivity index (χ3n) is 2.92. The molecule has 3 nitrogen and oxygen atoms in total. The maximum absolute atomic E-state index is 11.8. The van der Waals surface area contributed by atoms with Crippen LogP contribution in [-0.2, 0) is 0 Å². The molecule has 0 spiro atoms. The van der Waals surface area contributed by atoms with Gasteiger partial charge in [0.25, 0.3) is 0 Å². The lowest BCUT2D eigenvalue weighted by molar-refractivity contribution is 0.597. The zero-order valence-electron chi connectivity index (χ0n) is 10.2. The Morgan fingerprint density at radius 3 is 2.44 bits per heavy atom. The van der Waals surface area contributed by atoms with E-state index in [0.717, 1.165) is 11.0 Å². The molecule has 1 N–H and O–H groups in total. The average Bonchev–Trinajstić information content (AvgIpc) is 2.51. The van der Waals surface area contributed by atoms with Crippen LogP contribution in [0.25, 0.3) is 11.0 Å². The molecular formula is C13H18N2O. The van der Waals surface area contributed by atoms with E-state index in [1.165, 1.54) is 5.56 Å². The van der Waals surface area contributed by atoms with Crippen LogP contribution in [0.15, 0.2) is 23.0 Å². The number of hydrogen-bond acceptors (Lipinski definition) is 1. The van der Waals surface area contributed by atoms with Gasteiger partial charge in [0.15, 0.2) is 0 Å². The Balaban J connectivity index is 2.75. The summed E-state index contributed by atoms with van der Waals surface area (Å²) in [7, 11) is 0. The van der Waals surface area contributed by atoms with Crippen LogP contribution >= 0.6 is 0 Å². The van der Waals surface area contributed by atoms with Crippen LogP contribution in [0.1, 0.15) is 45.2 Å². The molecule has 0 atom stereocenters. The number of fused-ring (bicyclic) bond motifs is 1. The highest BCUT2D eigenvalue weighted by molar-refractivity contribution is 5.76. The number of H-pyrrole nitrogens is 1. The first-order chi connectivity index (χ1) is 7.50. The van der Waals surface area contributed by atoms with E-state index >= 15 is 0 Å². The minimum atomic E-state index is -0.0223. The Hall–Kier alpha value is -1.51. The lowest BCUT2D eigenvalue weighted by atomic mass is 10.0. The van der Waals surface area contributed by atoms with Crippen molar-refractivity contribution in [1.29, 1.82) is 0 Å². The van der Waals surface area contributed by atoms with Crippen molar-refractivity contribution in [2.24, 2.45) is 0 Å². The molecule has 1 heterocycles. The highest BCUT2D eigenvalue weighted by Gasteiger charge is 2.10. The third-order valence-corrected chi connectivity index (χ3v) is 2.92. The highest BCUT2D eigenvalue weighted by atomic mass is 16.1. The predicted molar refractivity (Wildman–Crippen MR) is 67.0 cm³/mol. The lowest BCUT2D eigenvalue weighted by Crippen LogP contribution is -2.18. The van der Waals surface area contributed by atoms with Crippen molar-refractivity contribution in [3.63, 3.8) is 0 Å². The van der Waals surface area contributed by atoms with Gasteiger partial charge in [-0.3, -0.25) is 4.57 Å². The molecular weight excluding hydrogens is 200 g/mol. The van der Waals surface area contributed by atoms with E-state index in [1.807, 2.05) is 19.9 Å². The fourth-order valence-electron chi connectivity index (χ4n) is 2.01. The van der Waals surface area contributed by atoms with Crippen LogP contribution in [0.3, 0.4) is 0 Å². The molecule has 0 radical (unpaired) electrons. The first-order valence-corrected chi connectivity index (χ1v) is 5.75. The molecule has 86 valence electrons. The lowest BCUT2D eigenvalue weighted by Gasteiger charge is -2.09. The zero-order chi connectivity index (χ0) is 11.9. The minimum Gasteiger partial charge on any atom is -0.306 e. The van der Waals surface area contributed by atoms with Crippen molar-refractivity contribution in [3.05, 3.63) is 34.2 Å². The Labute approximate surface area is 95.1 Å². The number of hydrogen-bond donors (Lipinski definition) is 1. The van der Waals surface area contributed by atoms with Gasteiger partial charge in [0.05, 0.1) is 11.0 Å².